The van der Waals surface area contributed by atoms with Crippen LogP contribution in [0.2, 0.25) is 10.0 Å². The van der Waals surface area contributed by atoms with Crippen molar-refractivity contribution in [1.29, 1.82) is 0 Å². The predicted molar refractivity (Wildman–Crippen MR) is 108 cm³/mol. The Bertz CT molecular complexity index is 909. The maximum absolute atomic E-state index is 13.1. The molecule has 0 bridgehead atoms. The lowest BCUT2D eigenvalue weighted by molar-refractivity contribution is -0.118. The molecule has 130 valence electrons. The number of benzene rings is 3. The van der Waals surface area contributed by atoms with Crippen LogP contribution < -0.4 is 9.80 Å². The van der Waals surface area contributed by atoms with Gasteiger partial charge in [-0.15, -0.1) is 0 Å². The van der Waals surface area contributed by atoms with Crippen molar-refractivity contribution in [3.05, 3.63) is 88.4 Å². The maximum Gasteiger partial charge on any atom is 0.254 e. The van der Waals surface area contributed by atoms with Gasteiger partial charge in [0.2, 0.25) is 0 Å². The summed E-state index contributed by atoms with van der Waals surface area (Å²) in [6.45, 7) is 0. The van der Waals surface area contributed by atoms with Gasteiger partial charge in [0.05, 0.1) is 0 Å². The van der Waals surface area contributed by atoms with Crippen LogP contribution in [0.25, 0.3) is 0 Å². The summed E-state index contributed by atoms with van der Waals surface area (Å²) in [5.74, 6) is 0.0242. The molecular weight excluding hydrogens is 367 g/mol. The average Bonchev–Trinajstić information content (AvgIpc) is 2.90. The standard InChI is InChI=1S/C21H16Cl2N2O/c1-24-19-5-3-2-4-18(19)20(21(24)26)25(16-10-6-14(22)7-11-16)17-12-8-15(23)9-13-17/h2-13,20H,1H3. The van der Waals surface area contributed by atoms with Crippen LogP contribution in [0.1, 0.15) is 11.6 Å². The number of hydrogen-bond acceptors (Lipinski definition) is 2. The predicted octanol–water partition coefficient (Wildman–Crippen LogP) is 5.85. The Morgan fingerprint density at radius 1 is 0.808 bits per heavy atom. The molecule has 1 amide bonds. The van der Waals surface area contributed by atoms with Gasteiger partial charge in [-0.3, -0.25) is 4.79 Å². The molecular formula is C21H16Cl2N2O. The number of rotatable bonds is 3. The van der Waals surface area contributed by atoms with Crippen LogP contribution in [0.3, 0.4) is 0 Å². The van der Waals surface area contributed by atoms with E-state index in [0.717, 1.165) is 22.6 Å². The fourth-order valence-electron chi connectivity index (χ4n) is 3.36. The second-order valence-corrected chi connectivity index (χ2v) is 7.05. The Hall–Kier alpha value is -2.49. The molecule has 0 aliphatic carbocycles. The van der Waals surface area contributed by atoms with Crippen molar-refractivity contribution in [2.45, 2.75) is 6.04 Å². The molecule has 0 N–H and O–H groups in total. The summed E-state index contributed by atoms with van der Waals surface area (Å²) in [6.07, 6.45) is 0. The van der Waals surface area contributed by atoms with E-state index in [2.05, 4.69) is 0 Å². The van der Waals surface area contributed by atoms with E-state index in [0.29, 0.717) is 10.0 Å². The highest BCUT2D eigenvalue weighted by molar-refractivity contribution is 6.31. The van der Waals surface area contributed by atoms with Gasteiger partial charge in [0.15, 0.2) is 0 Å². The molecule has 3 aromatic rings. The number of nitrogens with zero attached hydrogens (tertiary/aromatic N) is 2. The highest BCUT2D eigenvalue weighted by atomic mass is 35.5. The average molecular weight is 383 g/mol. The number of para-hydroxylation sites is 1. The molecule has 0 spiro atoms. The van der Waals surface area contributed by atoms with E-state index in [1.807, 2.05) is 84.7 Å². The van der Waals surface area contributed by atoms with E-state index >= 15 is 0 Å². The van der Waals surface area contributed by atoms with Crippen LogP contribution >= 0.6 is 23.2 Å². The van der Waals surface area contributed by atoms with Gasteiger partial charge in [0.1, 0.15) is 6.04 Å². The third-order valence-corrected chi connectivity index (χ3v) is 5.13. The molecule has 1 heterocycles. The third-order valence-electron chi connectivity index (χ3n) is 4.62. The van der Waals surface area contributed by atoms with Gasteiger partial charge in [-0.2, -0.15) is 0 Å². The van der Waals surface area contributed by atoms with Crippen molar-refractivity contribution >= 4 is 46.2 Å². The highest BCUT2D eigenvalue weighted by Gasteiger charge is 2.39. The molecule has 26 heavy (non-hydrogen) atoms. The van der Waals surface area contributed by atoms with Crippen LogP contribution in [0, 0.1) is 0 Å². The first-order chi connectivity index (χ1) is 12.6. The van der Waals surface area contributed by atoms with Crippen molar-refractivity contribution in [3.8, 4) is 0 Å². The molecule has 0 saturated heterocycles. The number of likely N-dealkylation sites (N-methyl/N-ethyl adjacent to an activating group) is 1. The second-order valence-electron chi connectivity index (χ2n) is 6.18. The Balaban J connectivity index is 1.89. The van der Waals surface area contributed by atoms with Gasteiger partial charge in [-0.1, -0.05) is 41.4 Å². The minimum atomic E-state index is -0.446. The van der Waals surface area contributed by atoms with Gasteiger partial charge >= 0.3 is 0 Å². The molecule has 0 saturated carbocycles. The summed E-state index contributed by atoms with van der Waals surface area (Å²) in [7, 11) is 1.81. The van der Waals surface area contributed by atoms with Crippen molar-refractivity contribution in [2.24, 2.45) is 0 Å². The summed E-state index contributed by atoms with van der Waals surface area (Å²) in [4.78, 5) is 16.8. The quantitative estimate of drug-likeness (QED) is 0.567. The Morgan fingerprint density at radius 3 is 1.85 bits per heavy atom. The Kier molecular flexibility index (Phi) is 4.35. The van der Waals surface area contributed by atoms with Gasteiger partial charge in [-0.05, 0) is 54.6 Å². The fraction of sp³-hybridized carbons (Fsp3) is 0.0952. The molecule has 1 unspecified atom stereocenters. The largest absolute Gasteiger partial charge is 0.325 e. The normalized spacial score (nSPS) is 15.9. The molecule has 0 fully saturated rings. The van der Waals surface area contributed by atoms with Gasteiger partial charge in [-0.25, -0.2) is 0 Å². The summed E-state index contributed by atoms with van der Waals surface area (Å²) in [5.41, 5.74) is 3.68. The van der Waals surface area contributed by atoms with E-state index in [-0.39, 0.29) is 5.91 Å². The molecule has 0 radical (unpaired) electrons. The lowest BCUT2D eigenvalue weighted by atomic mass is 10.0. The van der Waals surface area contributed by atoms with E-state index in [4.69, 9.17) is 23.2 Å². The van der Waals surface area contributed by atoms with Crippen molar-refractivity contribution in [2.75, 3.05) is 16.8 Å². The topological polar surface area (TPSA) is 23.6 Å². The van der Waals surface area contributed by atoms with Crippen LogP contribution in [0.5, 0.6) is 0 Å². The molecule has 3 aromatic carbocycles. The summed E-state index contributed by atoms with van der Waals surface area (Å²) < 4.78 is 0. The lowest BCUT2D eigenvalue weighted by Crippen LogP contribution is -2.33. The zero-order valence-corrected chi connectivity index (χ0v) is 15.6. The Morgan fingerprint density at radius 2 is 1.31 bits per heavy atom. The van der Waals surface area contributed by atoms with Crippen molar-refractivity contribution < 1.29 is 4.79 Å². The summed E-state index contributed by atoms with van der Waals surface area (Å²) in [5, 5.41) is 1.31. The molecule has 0 aromatic heterocycles. The van der Waals surface area contributed by atoms with Crippen LogP contribution in [-0.2, 0) is 4.79 Å². The molecule has 1 atom stereocenters. The number of fused-ring (bicyclic) bond motifs is 1. The van der Waals surface area contributed by atoms with Gasteiger partial charge in [0, 0.05) is 39.7 Å². The molecule has 1 aliphatic rings. The second kappa shape index (κ2) is 6.67. The van der Waals surface area contributed by atoms with Gasteiger partial charge in [0.25, 0.3) is 5.91 Å². The minimum absolute atomic E-state index is 0.0242. The summed E-state index contributed by atoms with van der Waals surface area (Å²) >= 11 is 12.1. The highest BCUT2D eigenvalue weighted by Crippen LogP contribution is 2.44. The van der Waals surface area contributed by atoms with E-state index < -0.39 is 6.04 Å². The van der Waals surface area contributed by atoms with Crippen molar-refractivity contribution in [1.82, 2.24) is 0 Å². The zero-order chi connectivity index (χ0) is 18.3. The lowest BCUT2D eigenvalue weighted by Gasteiger charge is -2.30. The number of carbonyl (C=O) groups excluding carboxylic acids is 1. The molecule has 4 rings (SSSR count). The number of hydrogen-bond donors (Lipinski definition) is 0. The van der Waals surface area contributed by atoms with E-state index in [1.165, 1.54) is 0 Å². The molecule has 1 aliphatic heterocycles. The first-order valence-corrected chi connectivity index (χ1v) is 8.99. The monoisotopic (exact) mass is 382 g/mol. The van der Waals surface area contributed by atoms with Crippen molar-refractivity contribution in [3.63, 3.8) is 0 Å². The SMILES string of the molecule is CN1C(=O)C(N(c2ccc(Cl)cc2)c2ccc(Cl)cc2)c2ccccc21. The van der Waals surface area contributed by atoms with Crippen LogP contribution in [0.15, 0.2) is 72.8 Å². The number of amides is 1. The van der Waals surface area contributed by atoms with E-state index in [1.54, 1.807) is 4.90 Å². The van der Waals surface area contributed by atoms with Crippen LogP contribution in [-0.4, -0.2) is 13.0 Å². The first-order valence-electron chi connectivity index (χ1n) is 8.23. The summed E-state index contributed by atoms with van der Waals surface area (Å²) in [6, 6.07) is 22.4. The third kappa shape index (κ3) is 2.83. The first kappa shape index (κ1) is 17.0. The maximum atomic E-state index is 13.1. The minimum Gasteiger partial charge on any atom is -0.325 e. The van der Waals surface area contributed by atoms with Crippen LogP contribution in [0.4, 0.5) is 17.1 Å². The molecule has 3 nitrogen and oxygen atoms in total. The number of halogens is 2. The fourth-order valence-corrected chi connectivity index (χ4v) is 3.61. The number of anilines is 3. The number of carbonyl (C=O) groups is 1. The van der Waals surface area contributed by atoms with Gasteiger partial charge < -0.3 is 9.80 Å². The Labute approximate surface area is 162 Å². The smallest absolute Gasteiger partial charge is 0.254 e. The zero-order valence-electron chi connectivity index (χ0n) is 14.1. The molecule has 5 heteroatoms. The van der Waals surface area contributed by atoms with E-state index in [9.17, 15) is 4.79 Å².